The van der Waals surface area contributed by atoms with Crippen LogP contribution in [-0.4, -0.2) is 74.5 Å². The van der Waals surface area contributed by atoms with Crippen molar-refractivity contribution in [3.63, 3.8) is 0 Å². The normalized spacial score (nSPS) is 21.2. The lowest BCUT2D eigenvalue weighted by Crippen LogP contribution is -2.43. The Balaban J connectivity index is 1.34. The van der Waals surface area contributed by atoms with Gasteiger partial charge in [-0.15, -0.1) is 0 Å². The molecule has 0 amide bonds. The molecule has 2 fully saturated rings. The average molecular weight is 672 g/mol. The van der Waals surface area contributed by atoms with Gasteiger partial charge in [-0.25, -0.2) is 23.1 Å². The van der Waals surface area contributed by atoms with Gasteiger partial charge in [-0.05, 0) is 73.3 Å². The molecule has 2 saturated heterocycles. The first kappa shape index (κ1) is 31.4. The zero-order valence-corrected chi connectivity index (χ0v) is 27.2. The van der Waals surface area contributed by atoms with Gasteiger partial charge in [-0.3, -0.25) is 4.90 Å². The molecule has 8 rings (SSSR count). The van der Waals surface area contributed by atoms with Crippen LogP contribution in [-0.2, 0) is 6.42 Å². The van der Waals surface area contributed by atoms with Crippen LogP contribution in [0.25, 0.3) is 32.9 Å². The smallest absolute Gasteiger partial charge is 0.319 e. The molecule has 3 atom stereocenters. The molecule has 0 spiro atoms. The highest BCUT2D eigenvalue weighted by molar-refractivity contribution is 6.03. The van der Waals surface area contributed by atoms with Gasteiger partial charge in [-0.1, -0.05) is 19.1 Å². The van der Waals surface area contributed by atoms with Gasteiger partial charge in [0, 0.05) is 30.3 Å². The van der Waals surface area contributed by atoms with Crippen molar-refractivity contribution in [2.45, 2.75) is 57.3 Å². The minimum absolute atomic E-state index is 0.0765. The Hall–Kier alpha value is -4.91. The minimum atomic E-state index is -0.951. The number of halogens is 3. The number of fused-ring (bicyclic) bond motifs is 2. The maximum absolute atomic E-state index is 17.2. The summed E-state index contributed by atoms with van der Waals surface area (Å²) in [5, 5.41) is 11.9. The Kier molecular flexibility index (Phi) is 7.62. The summed E-state index contributed by atoms with van der Waals surface area (Å²) in [6, 6.07) is 8.98. The molecule has 254 valence electrons. The number of aryl methyl sites for hydroxylation is 1. The molecule has 10 nitrogen and oxygen atoms in total. The van der Waals surface area contributed by atoms with E-state index in [1.54, 1.807) is 18.3 Å². The minimum Gasteiger partial charge on any atom is -0.508 e. The van der Waals surface area contributed by atoms with E-state index >= 15 is 8.78 Å². The summed E-state index contributed by atoms with van der Waals surface area (Å²) in [4.78, 5) is 22.4. The Morgan fingerprint density at radius 2 is 2.00 bits per heavy atom. The summed E-state index contributed by atoms with van der Waals surface area (Å²) in [5.74, 6) is -0.621. The van der Waals surface area contributed by atoms with E-state index < -0.39 is 23.3 Å². The third kappa shape index (κ3) is 5.13. The number of aromatic nitrogens is 4. The van der Waals surface area contributed by atoms with Crippen molar-refractivity contribution in [1.82, 2.24) is 24.8 Å². The summed E-state index contributed by atoms with van der Waals surface area (Å²) in [7, 11) is 0. The third-order valence-electron chi connectivity index (χ3n) is 10.3. The first-order chi connectivity index (χ1) is 23.7. The number of aromatic hydroxyl groups is 1. The van der Waals surface area contributed by atoms with Crippen molar-refractivity contribution < 1.29 is 27.8 Å². The van der Waals surface area contributed by atoms with Crippen LogP contribution < -0.4 is 20.1 Å². The Morgan fingerprint density at radius 1 is 1.14 bits per heavy atom. The molecule has 2 aromatic carbocycles. The van der Waals surface area contributed by atoms with Crippen LogP contribution in [0.5, 0.6) is 17.6 Å². The number of nitrogen functional groups attached to an aromatic ring is 1. The number of anilines is 2. The van der Waals surface area contributed by atoms with Gasteiger partial charge in [0.25, 0.3) is 0 Å². The van der Waals surface area contributed by atoms with Crippen molar-refractivity contribution in [2.24, 2.45) is 0 Å². The Labute approximate surface area is 280 Å². The van der Waals surface area contributed by atoms with Crippen LogP contribution in [0, 0.1) is 11.6 Å². The van der Waals surface area contributed by atoms with E-state index in [0.717, 1.165) is 24.9 Å². The number of nitrogens with two attached hydrogens (primary N) is 1. The molecule has 0 saturated carbocycles. The zero-order valence-electron chi connectivity index (χ0n) is 27.2. The molecule has 0 bridgehead atoms. The van der Waals surface area contributed by atoms with Gasteiger partial charge >= 0.3 is 6.01 Å². The molecular weight excluding hydrogens is 635 g/mol. The Morgan fingerprint density at radius 3 is 2.82 bits per heavy atom. The van der Waals surface area contributed by atoms with Crippen LogP contribution >= 0.6 is 0 Å². The van der Waals surface area contributed by atoms with Gasteiger partial charge in [0.15, 0.2) is 5.82 Å². The standard InChI is InChI=1S/C36H36F3N7O3/c1-3-23-26(38)8-7-20-14-22(47)15-25(27(20)23)30-29(39)31-28-33(44-35(43-31)49-18-36-9-5-11-45(36)17-21(37)16-36)46(12-13-48-34(28)42-30)19(2)24-6-4-10-41-32(24)40/h4,6-8,10,14-15,19,21,47H,3,5,9,11-13,16-18H2,1-2H3,(H2,40,41)/t19-,21+,36-/m0/s1. The predicted octanol–water partition coefficient (Wildman–Crippen LogP) is 6.28. The molecule has 0 radical (unpaired) electrons. The number of hydrogen-bond donors (Lipinski definition) is 2. The second kappa shape index (κ2) is 11.9. The van der Waals surface area contributed by atoms with Gasteiger partial charge in [0.2, 0.25) is 5.88 Å². The third-order valence-corrected chi connectivity index (χ3v) is 10.3. The van der Waals surface area contributed by atoms with E-state index in [0.29, 0.717) is 53.9 Å². The lowest BCUT2D eigenvalue weighted by Gasteiger charge is -2.32. The molecule has 13 heteroatoms. The molecule has 3 N–H and O–H groups in total. The molecule has 3 aliphatic heterocycles. The van der Waals surface area contributed by atoms with E-state index in [-0.39, 0.29) is 59.1 Å². The summed E-state index contributed by atoms with van der Waals surface area (Å²) >= 11 is 0. The van der Waals surface area contributed by atoms with Crippen LogP contribution in [0.1, 0.15) is 50.3 Å². The number of pyridine rings is 2. The van der Waals surface area contributed by atoms with Gasteiger partial charge in [0.1, 0.15) is 59.2 Å². The molecule has 0 unspecified atom stereocenters. The molecule has 3 aliphatic rings. The molecule has 6 heterocycles. The second-order valence-electron chi connectivity index (χ2n) is 13.2. The van der Waals surface area contributed by atoms with Gasteiger partial charge in [-0.2, -0.15) is 9.97 Å². The maximum Gasteiger partial charge on any atom is 0.319 e. The lowest BCUT2D eigenvalue weighted by atomic mass is 9.94. The number of benzene rings is 2. The maximum atomic E-state index is 17.2. The average Bonchev–Trinajstić information content (AvgIpc) is 3.55. The van der Waals surface area contributed by atoms with Crippen LogP contribution in [0.4, 0.5) is 24.8 Å². The highest BCUT2D eigenvalue weighted by Gasteiger charge is 2.49. The quantitative estimate of drug-likeness (QED) is 0.204. The molecule has 3 aromatic heterocycles. The predicted molar refractivity (Wildman–Crippen MR) is 180 cm³/mol. The zero-order chi connectivity index (χ0) is 34.0. The van der Waals surface area contributed by atoms with Crippen molar-refractivity contribution in [1.29, 1.82) is 0 Å². The number of rotatable bonds is 7. The number of hydrogen-bond acceptors (Lipinski definition) is 10. The fraction of sp³-hybridized carbons (Fsp3) is 0.389. The van der Waals surface area contributed by atoms with Crippen molar-refractivity contribution in [3.05, 3.63) is 65.4 Å². The number of phenols is 1. The number of alkyl halides is 1. The van der Waals surface area contributed by atoms with Crippen molar-refractivity contribution >= 4 is 33.3 Å². The van der Waals surface area contributed by atoms with E-state index in [1.165, 1.54) is 18.2 Å². The largest absolute Gasteiger partial charge is 0.508 e. The molecular formula is C36H36F3N7O3. The fourth-order valence-electron chi connectivity index (χ4n) is 8.01. The van der Waals surface area contributed by atoms with E-state index in [4.69, 9.17) is 20.2 Å². The fourth-order valence-corrected chi connectivity index (χ4v) is 8.01. The van der Waals surface area contributed by atoms with Gasteiger partial charge < -0.3 is 25.2 Å². The lowest BCUT2D eigenvalue weighted by molar-refractivity contribution is 0.107. The van der Waals surface area contributed by atoms with Crippen molar-refractivity contribution in [3.8, 4) is 28.9 Å². The molecule has 49 heavy (non-hydrogen) atoms. The van der Waals surface area contributed by atoms with E-state index in [1.807, 2.05) is 24.8 Å². The molecule has 5 aromatic rings. The number of phenolic OH excluding ortho intramolecular Hbond substituents is 1. The van der Waals surface area contributed by atoms with E-state index in [9.17, 15) is 9.50 Å². The molecule has 0 aliphatic carbocycles. The second-order valence-corrected chi connectivity index (χ2v) is 13.2. The summed E-state index contributed by atoms with van der Waals surface area (Å²) in [5.41, 5.74) is 6.84. The summed E-state index contributed by atoms with van der Waals surface area (Å²) in [6.07, 6.45) is 3.04. The highest BCUT2D eigenvalue weighted by atomic mass is 19.1. The Bertz CT molecular complexity index is 2120. The SMILES string of the molecule is CCc1c(F)ccc2cc(O)cc(-c3nc4c5c(nc(OC[C@@]67CCCN6C[C@H](F)C7)nc5c3F)N([C@@H](C)c3cccnc3N)CCO4)c12. The first-order valence-corrected chi connectivity index (χ1v) is 16.6. The van der Waals surface area contributed by atoms with Gasteiger partial charge in [0.05, 0.1) is 18.1 Å². The van der Waals surface area contributed by atoms with Crippen LogP contribution in [0.2, 0.25) is 0 Å². The monoisotopic (exact) mass is 671 g/mol. The topological polar surface area (TPSA) is 123 Å². The van der Waals surface area contributed by atoms with Crippen LogP contribution in [0.15, 0.2) is 42.6 Å². The summed E-state index contributed by atoms with van der Waals surface area (Å²) in [6.45, 7) is 5.53. The summed E-state index contributed by atoms with van der Waals surface area (Å²) < 4.78 is 59.3. The first-order valence-electron chi connectivity index (χ1n) is 16.6. The number of nitrogens with zero attached hydrogens (tertiary/aromatic N) is 6. The van der Waals surface area contributed by atoms with Crippen LogP contribution in [0.3, 0.4) is 0 Å². The van der Waals surface area contributed by atoms with E-state index in [2.05, 4.69) is 19.9 Å². The number of ether oxygens (including phenoxy) is 2. The van der Waals surface area contributed by atoms with Crippen molar-refractivity contribution in [2.75, 3.05) is 43.5 Å². The highest BCUT2D eigenvalue weighted by Crippen LogP contribution is 2.45.